The number of fused-ring (bicyclic) bond motifs is 1. The quantitative estimate of drug-likeness (QED) is 0.780. The minimum Gasteiger partial charge on any atom is -0.477 e. The zero-order valence-corrected chi connectivity index (χ0v) is 8.38. The molecule has 0 radical (unpaired) electrons. The zero-order chi connectivity index (χ0) is 10.8. The standard InChI is InChI=1S/C10H7NO3S/c12-5-11-7-1-2-8-6(3-7)4-9(15-8)10(13)14/h1-5H,(H,11,12)(H,13,14). The van der Waals surface area contributed by atoms with E-state index in [1.807, 2.05) is 0 Å². The average molecular weight is 221 g/mol. The second-order valence-corrected chi connectivity index (χ2v) is 4.01. The summed E-state index contributed by atoms with van der Waals surface area (Å²) in [6, 6.07) is 6.86. The maximum atomic E-state index is 10.7. The summed E-state index contributed by atoms with van der Waals surface area (Å²) in [5.74, 6) is -0.930. The first-order valence-electron chi connectivity index (χ1n) is 4.18. The molecular formula is C10H7NO3S. The van der Waals surface area contributed by atoms with E-state index < -0.39 is 5.97 Å². The first-order valence-corrected chi connectivity index (χ1v) is 4.99. The summed E-state index contributed by atoms with van der Waals surface area (Å²) in [5.41, 5.74) is 0.659. The van der Waals surface area contributed by atoms with Gasteiger partial charge in [-0.3, -0.25) is 4.79 Å². The second-order valence-electron chi connectivity index (χ2n) is 2.93. The third-order valence-corrected chi connectivity index (χ3v) is 3.06. The van der Waals surface area contributed by atoms with Crippen LogP contribution in [0.1, 0.15) is 9.67 Å². The maximum absolute atomic E-state index is 10.7. The molecule has 1 aromatic carbocycles. The van der Waals surface area contributed by atoms with Crippen molar-refractivity contribution in [3.8, 4) is 0 Å². The van der Waals surface area contributed by atoms with E-state index in [0.29, 0.717) is 17.0 Å². The van der Waals surface area contributed by atoms with Crippen molar-refractivity contribution >= 4 is 39.5 Å². The van der Waals surface area contributed by atoms with Crippen molar-refractivity contribution in [2.45, 2.75) is 0 Å². The van der Waals surface area contributed by atoms with Crippen molar-refractivity contribution in [2.24, 2.45) is 0 Å². The summed E-state index contributed by atoms with van der Waals surface area (Å²) < 4.78 is 0.892. The van der Waals surface area contributed by atoms with Gasteiger partial charge in [-0.05, 0) is 29.7 Å². The largest absolute Gasteiger partial charge is 0.477 e. The van der Waals surface area contributed by atoms with Gasteiger partial charge in [-0.15, -0.1) is 11.3 Å². The Balaban J connectivity index is 2.51. The summed E-state index contributed by atoms with van der Waals surface area (Å²) >= 11 is 1.22. The predicted molar refractivity (Wildman–Crippen MR) is 58.5 cm³/mol. The van der Waals surface area contributed by atoms with Gasteiger partial charge in [0.25, 0.3) is 0 Å². The van der Waals surface area contributed by atoms with Crippen LogP contribution in [-0.4, -0.2) is 17.5 Å². The van der Waals surface area contributed by atoms with Crippen molar-refractivity contribution in [1.82, 2.24) is 0 Å². The van der Waals surface area contributed by atoms with Crippen molar-refractivity contribution in [2.75, 3.05) is 5.32 Å². The highest BCUT2D eigenvalue weighted by atomic mass is 32.1. The lowest BCUT2D eigenvalue weighted by Gasteiger charge is -1.96. The molecule has 0 saturated heterocycles. The molecular weight excluding hydrogens is 214 g/mol. The minimum absolute atomic E-state index is 0.299. The van der Waals surface area contributed by atoms with Gasteiger partial charge in [0, 0.05) is 10.4 Å². The van der Waals surface area contributed by atoms with E-state index >= 15 is 0 Å². The lowest BCUT2D eigenvalue weighted by molar-refractivity contribution is -0.105. The summed E-state index contributed by atoms with van der Waals surface area (Å²) in [6.07, 6.45) is 0.589. The van der Waals surface area contributed by atoms with Gasteiger partial charge in [0.05, 0.1) is 0 Å². The number of hydrogen-bond acceptors (Lipinski definition) is 3. The fourth-order valence-corrected chi connectivity index (χ4v) is 2.19. The second kappa shape index (κ2) is 3.70. The highest BCUT2D eigenvalue weighted by Gasteiger charge is 2.08. The molecule has 0 bridgehead atoms. The molecule has 0 unspecified atom stereocenters. The number of rotatable bonds is 3. The van der Waals surface area contributed by atoms with Gasteiger partial charge < -0.3 is 10.4 Å². The topological polar surface area (TPSA) is 66.4 Å². The fraction of sp³-hybridized carbons (Fsp3) is 0. The Labute approximate surface area is 89.2 Å². The van der Waals surface area contributed by atoms with Crippen LogP contribution in [0.3, 0.4) is 0 Å². The van der Waals surface area contributed by atoms with Crippen LogP contribution in [0, 0.1) is 0 Å². The summed E-state index contributed by atoms with van der Waals surface area (Å²) in [6.45, 7) is 0. The van der Waals surface area contributed by atoms with Gasteiger partial charge in [0.2, 0.25) is 6.41 Å². The number of carbonyl (C=O) groups is 2. The maximum Gasteiger partial charge on any atom is 0.345 e. The first kappa shape index (κ1) is 9.67. The molecule has 0 saturated carbocycles. The van der Waals surface area contributed by atoms with Crippen molar-refractivity contribution in [3.63, 3.8) is 0 Å². The molecule has 0 fully saturated rings. The van der Waals surface area contributed by atoms with E-state index in [0.717, 1.165) is 10.1 Å². The van der Waals surface area contributed by atoms with Crippen LogP contribution in [0.25, 0.3) is 10.1 Å². The Morgan fingerprint density at radius 3 is 2.87 bits per heavy atom. The summed E-state index contributed by atoms with van der Waals surface area (Å²) in [5, 5.41) is 12.1. The normalized spacial score (nSPS) is 10.1. The third kappa shape index (κ3) is 1.82. The molecule has 15 heavy (non-hydrogen) atoms. The van der Waals surface area contributed by atoms with Crippen LogP contribution < -0.4 is 5.32 Å². The van der Waals surface area contributed by atoms with E-state index in [1.165, 1.54) is 11.3 Å². The zero-order valence-electron chi connectivity index (χ0n) is 7.56. The Bertz CT molecular complexity index is 532. The molecule has 0 aliphatic heterocycles. The molecule has 1 aromatic heterocycles. The molecule has 1 amide bonds. The Morgan fingerprint density at radius 2 is 2.20 bits per heavy atom. The Hall–Kier alpha value is -1.88. The average Bonchev–Trinajstić information content (AvgIpc) is 2.61. The van der Waals surface area contributed by atoms with Gasteiger partial charge in [-0.2, -0.15) is 0 Å². The van der Waals surface area contributed by atoms with Crippen molar-refractivity contribution < 1.29 is 14.7 Å². The number of aromatic carboxylic acids is 1. The van der Waals surface area contributed by atoms with Gasteiger partial charge in [0.1, 0.15) is 4.88 Å². The minimum atomic E-state index is -0.930. The number of amides is 1. The number of carboxylic acids is 1. The summed E-state index contributed by atoms with van der Waals surface area (Å²) in [4.78, 5) is 21.2. The Morgan fingerprint density at radius 1 is 1.40 bits per heavy atom. The number of carboxylic acid groups (broad SMARTS) is 1. The number of carbonyl (C=O) groups excluding carboxylic acids is 1. The molecule has 4 nitrogen and oxygen atoms in total. The molecule has 2 rings (SSSR count). The highest BCUT2D eigenvalue weighted by molar-refractivity contribution is 7.20. The molecule has 0 atom stereocenters. The van der Waals surface area contributed by atoms with Crippen LogP contribution in [-0.2, 0) is 4.79 Å². The lowest BCUT2D eigenvalue weighted by Crippen LogP contribution is -1.92. The smallest absolute Gasteiger partial charge is 0.345 e. The molecule has 0 aliphatic rings. The number of hydrogen-bond donors (Lipinski definition) is 2. The van der Waals surface area contributed by atoms with Crippen LogP contribution in [0.5, 0.6) is 0 Å². The van der Waals surface area contributed by atoms with Gasteiger partial charge in [-0.25, -0.2) is 4.79 Å². The van der Waals surface area contributed by atoms with E-state index in [-0.39, 0.29) is 0 Å². The molecule has 0 spiro atoms. The van der Waals surface area contributed by atoms with Crippen LogP contribution >= 0.6 is 11.3 Å². The van der Waals surface area contributed by atoms with Gasteiger partial charge in [-0.1, -0.05) is 0 Å². The molecule has 76 valence electrons. The number of thiophene rings is 1. The highest BCUT2D eigenvalue weighted by Crippen LogP contribution is 2.27. The van der Waals surface area contributed by atoms with Crippen LogP contribution in [0.4, 0.5) is 5.69 Å². The number of benzene rings is 1. The number of anilines is 1. The predicted octanol–water partition coefficient (Wildman–Crippen LogP) is 2.17. The van der Waals surface area contributed by atoms with Crippen molar-refractivity contribution in [3.05, 3.63) is 29.1 Å². The van der Waals surface area contributed by atoms with Gasteiger partial charge in [0.15, 0.2) is 0 Å². The van der Waals surface area contributed by atoms with Crippen LogP contribution in [0.2, 0.25) is 0 Å². The van der Waals surface area contributed by atoms with Gasteiger partial charge >= 0.3 is 5.97 Å². The SMILES string of the molecule is O=CNc1ccc2sc(C(=O)O)cc2c1. The van der Waals surface area contributed by atoms with E-state index in [2.05, 4.69) is 5.32 Å². The Kier molecular flexibility index (Phi) is 2.39. The summed E-state index contributed by atoms with van der Waals surface area (Å²) in [7, 11) is 0. The first-order chi connectivity index (χ1) is 7.20. The van der Waals surface area contributed by atoms with Crippen LogP contribution in [0.15, 0.2) is 24.3 Å². The lowest BCUT2D eigenvalue weighted by atomic mass is 10.2. The third-order valence-electron chi connectivity index (χ3n) is 1.95. The number of nitrogens with one attached hydrogen (secondary N) is 1. The van der Waals surface area contributed by atoms with Crippen molar-refractivity contribution in [1.29, 1.82) is 0 Å². The molecule has 0 aliphatic carbocycles. The fourth-order valence-electron chi connectivity index (χ4n) is 1.31. The monoisotopic (exact) mass is 221 g/mol. The molecule has 2 N–H and O–H groups in total. The van der Waals surface area contributed by atoms with E-state index in [4.69, 9.17) is 5.11 Å². The van der Waals surface area contributed by atoms with E-state index in [9.17, 15) is 9.59 Å². The molecule has 1 heterocycles. The van der Waals surface area contributed by atoms with E-state index in [1.54, 1.807) is 24.3 Å². The molecule has 2 aromatic rings. The molecule has 5 heteroatoms.